The highest BCUT2D eigenvalue weighted by molar-refractivity contribution is 6.17. The van der Waals surface area contributed by atoms with Gasteiger partial charge in [-0.3, -0.25) is 0 Å². The molecule has 6 heteroatoms. The lowest BCUT2D eigenvalue weighted by Crippen LogP contribution is -2.04. The molecule has 0 saturated carbocycles. The summed E-state index contributed by atoms with van der Waals surface area (Å²) in [6, 6.07) is 3.18. The van der Waals surface area contributed by atoms with Gasteiger partial charge in [0, 0.05) is 0 Å². The van der Waals surface area contributed by atoms with E-state index in [1.54, 1.807) is 6.07 Å². The maximum atomic E-state index is 12.8. The summed E-state index contributed by atoms with van der Waals surface area (Å²) in [6.07, 6.45) is 0. The largest absolute Gasteiger partial charge is 0.569 e. The van der Waals surface area contributed by atoms with Gasteiger partial charge < -0.3 is 9.68 Å². The summed E-state index contributed by atoms with van der Waals surface area (Å²) < 4.78 is 29.8. The van der Waals surface area contributed by atoms with Gasteiger partial charge in [-0.15, -0.1) is 0 Å². The zero-order valence-electron chi connectivity index (χ0n) is 6.29. The molecule has 0 fully saturated rings. The molecule has 0 atom stereocenters. The lowest BCUT2D eigenvalue weighted by molar-refractivity contribution is 0.407. The minimum absolute atomic E-state index is 0.153. The summed E-state index contributed by atoms with van der Waals surface area (Å²) in [7, 11) is 0.160. The Kier molecular flexibility index (Phi) is 2.82. The third kappa shape index (κ3) is 1.95. The summed E-state index contributed by atoms with van der Waals surface area (Å²) in [6.45, 7) is 0. The van der Waals surface area contributed by atoms with Crippen LogP contribution in [0.15, 0.2) is 12.1 Å². The highest BCUT2D eigenvalue weighted by Crippen LogP contribution is 2.22. The highest BCUT2D eigenvalue weighted by Gasteiger charge is 2.12. The van der Waals surface area contributed by atoms with Crippen LogP contribution in [0, 0.1) is 23.0 Å². The molecule has 0 aliphatic rings. The van der Waals surface area contributed by atoms with Crippen molar-refractivity contribution in [1.82, 2.24) is 0 Å². The van der Waals surface area contributed by atoms with Crippen LogP contribution in [0.1, 0.15) is 5.56 Å². The number of nitriles is 1. The van der Waals surface area contributed by atoms with E-state index in [0.717, 1.165) is 12.1 Å². The van der Waals surface area contributed by atoms with E-state index in [-0.39, 0.29) is 13.2 Å². The molecule has 0 heterocycles. The number of halogens is 2. The summed E-state index contributed by atoms with van der Waals surface area (Å²) in [5, 5.41) is 16.5. The minimum atomic E-state index is -1.04. The first-order chi connectivity index (χ1) is 6.19. The van der Waals surface area contributed by atoms with Gasteiger partial charge >= 0.3 is 7.69 Å². The predicted octanol–water partition coefficient (Wildman–Crippen LogP) is 0.742. The van der Waals surface area contributed by atoms with Crippen LogP contribution < -0.4 is 4.65 Å². The van der Waals surface area contributed by atoms with E-state index in [1.165, 1.54) is 0 Å². The zero-order valence-corrected chi connectivity index (χ0v) is 6.29. The van der Waals surface area contributed by atoms with Crippen molar-refractivity contribution in [3.8, 4) is 11.8 Å². The average Bonchev–Trinajstić information content (AvgIpc) is 2.11. The van der Waals surface area contributed by atoms with Crippen LogP contribution in [0.5, 0.6) is 5.75 Å². The molecule has 1 rings (SSSR count). The number of rotatable bonds is 2. The predicted molar refractivity (Wildman–Crippen MR) is 39.7 cm³/mol. The Bertz CT molecular complexity index is 341. The van der Waals surface area contributed by atoms with Crippen molar-refractivity contribution in [3.63, 3.8) is 0 Å². The van der Waals surface area contributed by atoms with Crippen molar-refractivity contribution in [3.05, 3.63) is 29.3 Å². The van der Waals surface area contributed by atoms with Gasteiger partial charge in [0.1, 0.15) is 0 Å². The van der Waals surface area contributed by atoms with Crippen molar-refractivity contribution in [2.24, 2.45) is 0 Å². The van der Waals surface area contributed by atoms with Gasteiger partial charge in [-0.05, 0) is 12.1 Å². The molecule has 0 saturated heterocycles. The van der Waals surface area contributed by atoms with Crippen LogP contribution in [-0.2, 0) is 0 Å². The minimum Gasteiger partial charge on any atom is -0.533 e. The van der Waals surface area contributed by atoms with Gasteiger partial charge in [0.15, 0.2) is 17.4 Å². The van der Waals surface area contributed by atoms with Gasteiger partial charge in [0.2, 0.25) is 0 Å². The highest BCUT2D eigenvalue weighted by atomic mass is 19.1. The fraction of sp³-hybridized carbons (Fsp3) is 0. The quantitative estimate of drug-likeness (QED) is 0.686. The zero-order chi connectivity index (χ0) is 9.84. The molecule has 0 aromatic heterocycles. The van der Waals surface area contributed by atoms with Gasteiger partial charge in [-0.25, -0.2) is 8.78 Å². The number of hydrogen-bond donors (Lipinski definition) is 1. The summed E-state index contributed by atoms with van der Waals surface area (Å²) >= 11 is 0. The maximum absolute atomic E-state index is 12.8. The third-order valence-corrected chi connectivity index (χ3v) is 1.30. The molecule has 0 spiro atoms. The second kappa shape index (κ2) is 3.87. The lowest BCUT2D eigenvalue weighted by atomic mass is 10.2. The number of hydrogen-bond acceptors (Lipinski definition) is 3. The van der Waals surface area contributed by atoms with Gasteiger partial charge in [-0.1, -0.05) is 0 Å². The summed E-state index contributed by atoms with van der Waals surface area (Å²) in [4.78, 5) is 0. The smallest absolute Gasteiger partial charge is 0.533 e. The molecular weight excluding hydrogens is 179 g/mol. The average molecular weight is 182 g/mol. The normalized spacial score (nSPS) is 9.08. The Hall–Kier alpha value is -1.61. The van der Waals surface area contributed by atoms with Crippen molar-refractivity contribution in [1.29, 1.82) is 5.26 Å². The van der Waals surface area contributed by atoms with Crippen LogP contribution in [0.2, 0.25) is 0 Å². The van der Waals surface area contributed by atoms with Gasteiger partial charge in [-0.2, -0.15) is 5.26 Å². The molecule has 0 aliphatic heterocycles. The first-order valence-electron chi connectivity index (χ1n) is 3.20. The first kappa shape index (κ1) is 9.48. The Morgan fingerprint density at radius 2 is 1.92 bits per heavy atom. The van der Waals surface area contributed by atoms with E-state index < -0.39 is 17.4 Å². The summed E-state index contributed by atoms with van der Waals surface area (Å²) in [5.41, 5.74) is -0.153. The van der Waals surface area contributed by atoms with E-state index in [4.69, 9.17) is 10.3 Å². The molecule has 1 aromatic rings. The standard InChI is InChI=1S/C7H3BF2NO2/c9-5-1-4(3-11)2-6(10)7(5)13-8-12/h1-2,12H. The monoisotopic (exact) mass is 182 g/mol. The first-order valence-corrected chi connectivity index (χ1v) is 3.20. The van der Waals surface area contributed by atoms with Crippen molar-refractivity contribution in [2.45, 2.75) is 0 Å². The van der Waals surface area contributed by atoms with Gasteiger partial charge in [0.25, 0.3) is 0 Å². The number of benzene rings is 1. The van der Waals surface area contributed by atoms with E-state index >= 15 is 0 Å². The molecule has 1 N–H and O–H groups in total. The molecule has 0 unspecified atom stereocenters. The third-order valence-electron chi connectivity index (χ3n) is 1.30. The molecular formula is C7H3BF2NO2. The Morgan fingerprint density at radius 3 is 2.31 bits per heavy atom. The maximum Gasteiger partial charge on any atom is 0.569 e. The summed E-state index contributed by atoms with van der Waals surface area (Å²) in [5.74, 6) is -2.81. The van der Waals surface area contributed by atoms with Crippen LogP contribution >= 0.6 is 0 Å². The molecule has 65 valence electrons. The van der Waals surface area contributed by atoms with Crippen LogP contribution in [0.25, 0.3) is 0 Å². The second-order valence-electron chi connectivity index (χ2n) is 2.10. The molecule has 1 aromatic carbocycles. The van der Waals surface area contributed by atoms with Crippen molar-refractivity contribution < 1.29 is 18.5 Å². The van der Waals surface area contributed by atoms with Crippen molar-refractivity contribution >= 4 is 7.69 Å². The molecule has 1 radical (unpaired) electrons. The Labute approximate surface area is 73.5 Å². The van der Waals surface area contributed by atoms with Crippen molar-refractivity contribution in [2.75, 3.05) is 0 Å². The fourth-order valence-corrected chi connectivity index (χ4v) is 0.790. The number of nitrogens with zero attached hydrogens (tertiary/aromatic N) is 1. The molecule has 13 heavy (non-hydrogen) atoms. The molecule has 3 nitrogen and oxygen atoms in total. The second-order valence-corrected chi connectivity index (χ2v) is 2.10. The Balaban J connectivity index is 3.17. The SMILES string of the molecule is N#Cc1cc(F)c(O[B]O)c(F)c1. The lowest BCUT2D eigenvalue weighted by Gasteiger charge is -2.04. The van der Waals surface area contributed by atoms with E-state index in [1.807, 2.05) is 0 Å². The van der Waals surface area contributed by atoms with E-state index in [2.05, 4.69) is 4.65 Å². The van der Waals surface area contributed by atoms with Gasteiger partial charge in [0.05, 0.1) is 11.6 Å². The van der Waals surface area contributed by atoms with Crippen LogP contribution in [0.4, 0.5) is 8.78 Å². The Morgan fingerprint density at radius 1 is 1.38 bits per heavy atom. The topological polar surface area (TPSA) is 53.2 Å². The van der Waals surface area contributed by atoms with Crippen LogP contribution in [0.3, 0.4) is 0 Å². The van der Waals surface area contributed by atoms with E-state index in [9.17, 15) is 8.78 Å². The molecule has 0 aliphatic carbocycles. The fourth-order valence-electron chi connectivity index (χ4n) is 0.790. The molecule has 0 bridgehead atoms. The van der Waals surface area contributed by atoms with Crippen LogP contribution in [-0.4, -0.2) is 12.7 Å². The molecule has 0 amide bonds. The van der Waals surface area contributed by atoms with E-state index in [0.29, 0.717) is 0 Å².